The Morgan fingerprint density at radius 1 is 1.00 bits per heavy atom. The quantitative estimate of drug-likeness (QED) is 0.757. The summed E-state index contributed by atoms with van der Waals surface area (Å²) in [6, 6.07) is 18.6. The monoisotopic (exact) mass is 344 g/mol. The molecule has 0 spiro atoms. The highest BCUT2D eigenvalue weighted by Crippen LogP contribution is 2.45. The molecule has 0 aromatic heterocycles. The average Bonchev–Trinajstić information content (AvgIpc) is 3.44. The Kier molecular flexibility index (Phi) is 3.22. The van der Waals surface area contributed by atoms with E-state index in [1.54, 1.807) is 24.3 Å². The lowest BCUT2D eigenvalue weighted by Crippen LogP contribution is -2.28. The van der Waals surface area contributed by atoms with Crippen LogP contribution in [0.25, 0.3) is 10.8 Å². The molecule has 0 bridgehead atoms. The maximum absolute atomic E-state index is 12.7. The molecule has 1 N–H and O–H groups in total. The first-order valence-electron chi connectivity index (χ1n) is 8.65. The molecular weight excluding hydrogens is 328 g/mol. The zero-order valence-corrected chi connectivity index (χ0v) is 13.9. The number of hydrogen-bond donors (Lipinski definition) is 1. The van der Waals surface area contributed by atoms with E-state index in [4.69, 9.17) is 4.74 Å². The average molecular weight is 344 g/mol. The molecule has 1 heterocycles. The van der Waals surface area contributed by atoms with Gasteiger partial charge in [0.1, 0.15) is 5.75 Å². The highest BCUT2D eigenvalue weighted by atomic mass is 16.6. The summed E-state index contributed by atoms with van der Waals surface area (Å²) in [5, 5.41) is 4.55. The van der Waals surface area contributed by atoms with E-state index >= 15 is 0 Å². The van der Waals surface area contributed by atoms with Crippen LogP contribution in [0.5, 0.6) is 5.75 Å². The second-order valence-electron chi connectivity index (χ2n) is 6.59. The molecule has 0 unspecified atom stereocenters. The molecule has 0 atom stereocenters. The minimum Gasteiger partial charge on any atom is -0.410 e. The third-order valence-electron chi connectivity index (χ3n) is 4.83. The predicted octanol–water partition coefficient (Wildman–Crippen LogP) is 4.57. The van der Waals surface area contributed by atoms with E-state index in [1.807, 2.05) is 41.3 Å². The van der Waals surface area contributed by atoms with Crippen LogP contribution in [-0.4, -0.2) is 18.0 Å². The number of nitrogens with one attached hydrogen (secondary N) is 1. The van der Waals surface area contributed by atoms with Gasteiger partial charge in [0.15, 0.2) is 0 Å². The highest BCUT2D eigenvalue weighted by molar-refractivity contribution is 6.27. The molecule has 2 aliphatic rings. The van der Waals surface area contributed by atoms with Crippen molar-refractivity contribution in [1.82, 2.24) is 0 Å². The number of amides is 2. The van der Waals surface area contributed by atoms with Gasteiger partial charge in [0.05, 0.1) is 11.4 Å². The molecule has 0 saturated heterocycles. The Morgan fingerprint density at radius 2 is 1.81 bits per heavy atom. The number of hydrogen-bond acceptors (Lipinski definition) is 3. The van der Waals surface area contributed by atoms with E-state index in [9.17, 15) is 9.59 Å². The van der Waals surface area contributed by atoms with Crippen LogP contribution >= 0.6 is 0 Å². The largest absolute Gasteiger partial charge is 0.417 e. The summed E-state index contributed by atoms with van der Waals surface area (Å²) in [6.07, 6.45) is 1.54. The number of ether oxygens (including phenoxy) is 1. The first-order chi connectivity index (χ1) is 12.7. The first kappa shape index (κ1) is 15.0. The van der Waals surface area contributed by atoms with E-state index in [-0.39, 0.29) is 5.91 Å². The molecule has 26 heavy (non-hydrogen) atoms. The van der Waals surface area contributed by atoms with E-state index in [0.29, 0.717) is 23.0 Å². The Labute approximate surface area is 150 Å². The molecule has 5 rings (SSSR count). The lowest BCUT2D eigenvalue weighted by atomic mass is 10.0. The normalized spacial score (nSPS) is 15.4. The molecule has 5 nitrogen and oxygen atoms in total. The summed E-state index contributed by atoms with van der Waals surface area (Å²) in [5.74, 6) is 0.531. The Balaban J connectivity index is 1.50. The summed E-state index contributed by atoms with van der Waals surface area (Å²) >= 11 is 0. The second-order valence-corrected chi connectivity index (χ2v) is 6.59. The smallest absolute Gasteiger partial charge is 0.410 e. The molecule has 3 aromatic rings. The minimum absolute atomic E-state index is 0.0529. The van der Waals surface area contributed by atoms with Gasteiger partial charge < -0.3 is 9.64 Å². The van der Waals surface area contributed by atoms with Gasteiger partial charge in [-0.1, -0.05) is 30.3 Å². The fraction of sp³-hybridized carbons (Fsp3) is 0.143. The van der Waals surface area contributed by atoms with E-state index in [0.717, 1.165) is 29.3 Å². The highest BCUT2D eigenvalue weighted by Gasteiger charge is 2.40. The Bertz CT molecular complexity index is 1040. The van der Waals surface area contributed by atoms with Crippen LogP contribution in [0.3, 0.4) is 0 Å². The standard InChI is InChI=1S/C21H16N2O3/c24-20-16-8-4-7-15-17(22-21(25)26-14-5-2-1-3-6-14)11-12-18(19(15)16)23(20)13-9-10-13/h1-8,11-13H,9-10H2,(H,22,25). The lowest BCUT2D eigenvalue weighted by molar-refractivity contribution is 0.0991. The topological polar surface area (TPSA) is 58.6 Å². The molecule has 1 aliphatic carbocycles. The number of carbonyl (C=O) groups is 2. The summed E-state index contributed by atoms with van der Waals surface area (Å²) in [7, 11) is 0. The number of anilines is 2. The molecule has 1 fully saturated rings. The van der Waals surface area contributed by atoms with Crippen LogP contribution < -0.4 is 15.0 Å². The van der Waals surface area contributed by atoms with Gasteiger partial charge in [-0.05, 0) is 43.2 Å². The first-order valence-corrected chi connectivity index (χ1v) is 8.65. The van der Waals surface area contributed by atoms with Crippen molar-refractivity contribution in [2.24, 2.45) is 0 Å². The van der Waals surface area contributed by atoms with Crippen molar-refractivity contribution in [1.29, 1.82) is 0 Å². The molecule has 5 heteroatoms. The zero-order valence-electron chi connectivity index (χ0n) is 13.9. The van der Waals surface area contributed by atoms with Gasteiger partial charge >= 0.3 is 6.09 Å². The van der Waals surface area contributed by atoms with Crippen molar-refractivity contribution in [3.63, 3.8) is 0 Å². The fourth-order valence-electron chi connectivity index (χ4n) is 3.54. The van der Waals surface area contributed by atoms with E-state index in [2.05, 4.69) is 5.32 Å². The number of para-hydroxylation sites is 1. The summed E-state index contributed by atoms with van der Waals surface area (Å²) in [4.78, 5) is 26.9. The summed E-state index contributed by atoms with van der Waals surface area (Å²) in [6.45, 7) is 0. The number of nitrogens with zero attached hydrogens (tertiary/aromatic N) is 1. The number of carbonyl (C=O) groups excluding carboxylic acids is 2. The van der Waals surface area contributed by atoms with Gasteiger partial charge in [0, 0.05) is 22.4 Å². The number of rotatable bonds is 3. The van der Waals surface area contributed by atoms with Gasteiger partial charge in [-0.25, -0.2) is 4.79 Å². The zero-order chi connectivity index (χ0) is 17.7. The Hall–Kier alpha value is -3.34. The van der Waals surface area contributed by atoms with Crippen molar-refractivity contribution in [2.75, 3.05) is 10.2 Å². The fourth-order valence-corrected chi connectivity index (χ4v) is 3.54. The van der Waals surface area contributed by atoms with Crippen LogP contribution in [-0.2, 0) is 0 Å². The minimum atomic E-state index is -0.555. The van der Waals surface area contributed by atoms with Gasteiger partial charge in [-0.2, -0.15) is 0 Å². The summed E-state index contributed by atoms with van der Waals surface area (Å²) < 4.78 is 5.31. The van der Waals surface area contributed by atoms with Crippen molar-refractivity contribution in [3.05, 3.63) is 66.2 Å². The van der Waals surface area contributed by atoms with E-state index in [1.165, 1.54) is 0 Å². The number of benzene rings is 3. The van der Waals surface area contributed by atoms with Gasteiger partial charge in [-0.15, -0.1) is 0 Å². The molecule has 0 radical (unpaired) electrons. The molecule has 2 amide bonds. The van der Waals surface area contributed by atoms with Crippen molar-refractivity contribution < 1.29 is 14.3 Å². The molecule has 128 valence electrons. The van der Waals surface area contributed by atoms with E-state index < -0.39 is 6.09 Å². The SMILES string of the molecule is O=C(Nc1ccc2c3c(cccc13)C(=O)N2C1CC1)Oc1ccccc1. The van der Waals surface area contributed by atoms with Crippen molar-refractivity contribution >= 4 is 34.1 Å². The van der Waals surface area contributed by atoms with Crippen molar-refractivity contribution in [3.8, 4) is 5.75 Å². The molecule has 1 aliphatic heterocycles. The van der Waals surface area contributed by atoms with Crippen LogP contribution in [0.4, 0.5) is 16.2 Å². The van der Waals surface area contributed by atoms with Crippen molar-refractivity contribution in [2.45, 2.75) is 18.9 Å². The van der Waals surface area contributed by atoms with Gasteiger partial charge in [0.2, 0.25) is 0 Å². The maximum Gasteiger partial charge on any atom is 0.417 e. The lowest BCUT2D eigenvalue weighted by Gasteiger charge is -2.17. The molecule has 1 saturated carbocycles. The van der Waals surface area contributed by atoms with Crippen LogP contribution in [0.15, 0.2) is 60.7 Å². The van der Waals surface area contributed by atoms with Gasteiger partial charge in [-0.3, -0.25) is 10.1 Å². The van der Waals surface area contributed by atoms with Crippen LogP contribution in [0.2, 0.25) is 0 Å². The summed E-state index contributed by atoms with van der Waals surface area (Å²) in [5.41, 5.74) is 2.27. The maximum atomic E-state index is 12.7. The van der Waals surface area contributed by atoms with Crippen LogP contribution in [0, 0.1) is 0 Å². The van der Waals surface area contributed by atoms with Gasteiger partial charge in [0.25, 0.3) is 5.91 Å². The third kappa shape index (κ3) is 2.32. The van der Waals surface area contributed by atoms with Crippen LogP contribution in [0.1, 0.15) is 23.2 Å². The Morgan fingerprint density at radius 3 is 2.58 bits per heavy atom. The molecule has 3 aromatic carbocycles. The predicted molar refractivity (Wildman–Crippen MR) is 99.9 cm³/mol. The third-order valence-corrected chi connectivity index (χ3v) is 4.83. The molecular formula is C21H16N2O3. The second kappa shape index (κ2) is 5.59.